The molecular formula is C18H27ClN4O. The van der Waals surface area contributed by atoms with Crippen molar-refractivity contribution in [3.05, 3.63) is 23.2 Å². The highest BCUT2D eigenvalue weighted by atomic mass is 35.5. The third-order valence-electron chi connectivity index (χ3n) is 4.13. The summed E-state index contributed by atoms with van der Waals surface area (Å²) < 4.78 is 1.94. The van der Waals surface area contributed by atoms with Crippen molar-refractivity contribution < 1.29 is 4.79 Å². The van der Waals surface area contributed by atoms with Crippen molar-refractivity contribution in [1.82, 2.24) is 14.9 Å². The Labute approximate surface area is 148 Å². The largest absolute Gasteiger partial charge is 0.369 e. The first kappa shape index (κ1) is 18.6. The van der Waals surface area contributed by atoms with E-state index in [-0.39, 0.29) is 17.4 Å². The van der Waals surface area contributed by atoms with Gasteiger partial charge in [0.05, 0.1) is 11.0 Å². The van der Waals surface area contributed by atoms with Crippen LogP contribution < -0.4 is 11.1 Å². The number of benzene rings is 1. The summed E-state index contributed by atoms with van der Waals surface area (Å²) in [5, 5.41) is 3.63. The van der Waals surface area contributed by atoms with E-state index in [2.05, 4.69) is 31.1 Å². The second kappa shape index (κ2) is 7.43. The number of hydrogen-bond donors (Lipinski definition) is 2. The summed E-state index contributed by atoms with van der Waals surface area (Å²) in [6.07, 6.45) is 2.13. The molecule has 1 heterocycles. The molecule has 24 heavy (non-hydrogen) atoms. The number of carbonyl (C=O) groups excluding carboxylic acids is 1. The van der Waals surface area contributed by atoms with Gasteiger partial charge in [0, 0.05) is 24.0 Å². The normalized spacial score (nSPS) is 13.2. The maximum Gasteiger partial charge on any atom is 0.222 e. The Morgan fingerprint density at radius 2 is 2.12 bits per heavy atom. The van der Waals surface area contributed by atoms with Crippen LogP contribution in [0.2, 0.25) is 5.02 Å². The molecule has 0 spiro atoms. The van der Waals surface area contributed by atoms with Crippen LogP contribution in [0.3, 0.4) is 0 Å². The second-order valence-electron chi connectivity index (χ2n) is 7.40. The molecular weight excluding hydrogens is 324 g/mol. The first-order valence-corrected chi connectivity index (χ1v) is 8.78. The van der Waals surface area contributed by atoms with Gasteiger partial charge in [0.1, 0.15) is 0 Å². The van der Waals surface area contributed by atoms with Crippen molar-refractivity contribution in [2.45, 2.75) is 53.0 Å². The first-order valence-electron chi connectivity index (χ1n) is 8.41. The highest BCUT2D eigenvalue weighted by molar-refractivity contribution is 6.31. The van der Waals surface area contributed by atoms with E-state index in [0.717, 1.165) is 23.9 Å². The fourth-order valence-electron chi connectivity index (χ4n) is 2.76. The Morgan fingerprint density at radius 3 is 2.75 bits per heavy atom. The molecule has 132 valence electrons. The minimum Gasteiger partial charge on any atom is -0.369 e. The summed E-state index contributed by atoms with van der Waals surface area (Å²) in [7, 11) is 0. The number of anilines is 1. The van der Waals surface area contributed by atoms with Crippen LogP contribution in [-0.4, -0.2) is 22.0 Å². The van der Waals surface area contributed by atoms with Gasteiger partial charge < -0.3 is 15.6 Å². The van der Waals surface area contributed by atoms with Crippen molar-refractivity contribution in [2.75, 3.05) is 12.3 Å². The van der Waals surface area contributed by atoms with Crippen molar-refractivity contribution in [3.63, 3.8) is 0 Å². The molecule has 0 aliphatic carbocycles. The van der Waals surface area contributed by atoms with Gasteiger partial charge >= 0.3 is 0 Å². The van der Waals surface area contributed by atoms with E-state index >= 15 is 0 Å². The predicted molar refractivity (Wildman–Crippen MR) is 100 cm³/mol. The van der Waals surface area contributed by atoms with Crippen LogP contribution in [-0.2, 0) is 4.79 Å². The maximum atomic E-state index is 12.3. The van der Waals surface area contributed by atoms with Crippen LogP contribution in [0.15, 0.2) is 18.2 Å². The molecule has 0 saturated carbocycles. The Bertz CT molecular complexity index is 718. The quantitative estimate of drug-likeness (QED) is 0.821. The van der Waals surface area contributed by atoms with E-state index in [1.54, 1.807) is 6.07 Å². The molecule has 1 aromatic carbocycles. The minimum atomic E-state index is -0.0224. The molecule has 1 atom stereocenters. The van der Waals surface area contributed by atoms with Crippen molar-refractivity contribution in [2.24, 2.45) is 5.41 Å². The van der Waals surface area contributed by atoms with Crippen LogP contribution in [0, 0.1) is 5.41 Å². The van der Waals surface area contributed by atoms with Gasteiger partial charge in [0.2, 0.25) is 11.9 Å². The van der Waals surface area contributed by atoms with E-state index in [1.807, 2.05) is 23.6 Å². The topological polar surface area (TPSA) is 72.9 Å². The molecule has 0 saturated heterocycles. The number of amides is 1. The summed E-state index contributed by atoms with van der Waals surface area (Å²) >= 11 is 6.02. The van der Waals surface area contributed by atoms with E-state index in [9.17, 15) is 4.79 Å². The van der Waals surface area contributed by atoms with Gasteiger partial charge in [-0.2, -0.15) is 0 Å². The highest BCUT2D eigenvalue weighted by Crippen LogP contribution is 2.28. The number of nitrogens with two attached hydrogens (primary N) is 1. The summed E-state index contributed by atoms with van der Waals surface area (Å²) in [4.78, 5) is 16.7. The van der Waals surface area contributed by atoms with E-state index in [4.69, 9.17) is 17.3 Å². The number of rotatable bonds is 6. The van der Waals surface area contributed by atoms with Gasteiger partial charge in [0.25, 0.3) is 0 Å². The zero-order valence-corrected chi connectivity index (χ0v) is 15.7. The molecule has 3 N–H and O–H groups in total. The lowest BCUT2D eigenvalue weighted by Crippen LogP contribution is -2.29. The SMILES string of the molecule is CC[C@@H](CC(=O)NCCC(C)(C)C)n1c(N)nc2cc(Cl)ccc21. The van der Waals surface area contributed by atoms with Crippen LogP contribution >= 0.6 is 11.6 Å². The fraction of sp³-hybridized carbons (Fsp3) is 0.556. The summed E-state index contributed by atoms with van der Waals surface area (Å²) in [5.41, 5.74) is 7.96. The number of fused-ring (bicyclic) bond motifs is 1. The van der Waals surface area contributed by atoms with E-state index in [1.165, 1.54) is 0 Å². The van der Waals surface area contributed by atoms with Crippen molar-refractivity contribution >= 4 is 34.5 Å². The molecule has 0 unspecified atom stereocenters. The fourth-order valence-corrected chi connectivity index (χ4v) is 2.92. The number of halogens is 1. The lowest BCUT2D eigenvalue weighted by atomic mass is 9.92. The number of hydrogen-bond acceptors (Lipinski definition) is 3. The van der Waals surface area contributed by atoms with Gasteiger partial charge in [-0.25, -0.2) is 4.98 Å². The Balaban J connectivity index is 2.11. The number of carbonyl (C=O) groups is 1. The third kappa shape index (κ3) is 4.63. The smallest absolute Gasteiger partial charge is 0.222 e. The molecule has 0 aliphatic heterocycles. The lowest BCUT2D eigenvalue weighted by Gasteiger charge is -2.21. The van der Waals surface area contributed by atoms with Gasteiger partial charge in [-0.3, -0.25) is 4.79 Å². The van der Waals surface area contributed by atoms with Gasteiger partial charge in [-0.15, -0.1) is 0 Å². The number of nitrogens with one attached hydrogen (secondary N) is 1. The van der Waals surface area contributed by atoms with E-state index < -0.39 is 0 Å². The number of nitrogen functional groups attached to an aromatic ring is 1. The zero-order chi connectivity index (χ0) is 17.9. The lowest BCUT2D eigenvalue weighted by molar-refractivity contribution is -0.121. The molecule has 0 radical (unpaired) electrons. The minimum absolute atomic E-state index is 0.0224. The second-order valence-corrected chi connectivity index (χ2v) is 7.84. The highest BCUT2D eigenvalue weighted by Gasteiger charge is 2.20. The molecule has 0 bridgehead atoms. The van der Waals surface area contributed by atoms with Crippen molar-refractivity contribution in [1.29, 1.82) is 0 Å². The molecule has 2 aromatic rings. The molecule has 0 aliphatic rings. The maximum absolute atomic E-state index is 12.3. The molecule has 2 rings (SSSR count). The Hall–Kier alpha value is -1.75. The summed E-state index contributed by atoms with van der Waals surface area (Å²) in [5.74, 6) is 0.461. The summed E-state index contributed by atoms with van der Waals surface area (Å²) in [6, 6.07) is 5.49. The predicted octanol–water partition coefficient (Wildman–Crippen LogP) is 4.17. The average Bonchev–Trinajstić information content (AvgIpc) is 2.78. The van der Waals surface area contributed by atoms with Crippen LogP contribution in [0.1, 0.15) is 53.0 Å². The van der Waals surface area contributed by atoms with Crippen LogP contribution in [0.25, 0.3) is 11.0 Å². The summed E-state index contributed by atoms with van der Waals surface area (Å²) in [6.45, 7) is 9.23. The molecule has 1 aromatic heterocycles. The zero-order valence-electron chi connectivity index (χ0n) is 14.9. The van der Waals surface area contributed by atoms with Crippen LogP contribution in [0.4, 0.5) is 5.95 Å². The average molecular weight is 351 g/mol. The van der Waals surface area contributed by atoms with Crippen LogP contribution in [0.5, 0.6) is 0 Å². The number of imidazole rings is 1. The third-order valence-corrected chi connectivity index (χ3v) is 4.37. The number of aromatic nitrogens is 2. The van der Waals surface area contributed by atoms with Gasteiger partial charge in [0.15, 0.2) is 0 Å². The monoisotopic (exact) mass is 350 g/mol. The standard InChI is InChI=1S/C18H27ClN4O/c1-5-13(11-16(24)21-9-8-18(2,3)4)23-15-7-6-12(19)10-14(15)22-17(23)20/h6-7,10,13H,5,8-9,11H2,1-4H3,(H2,20,22)(H,21,24)/t13-/m0/s1. The molecule has 0 fully saturated rings. The number of nitrogens with zero attached hydrogens (tertiary/aromatic N) is 2. The Kier molecular flexibility index (Phi) is 5.75. The van der Waals surface area contributed by atoms with Gasteiger partial charge in [-0.1, -0.05) is 39.3 Å². The van der Waals surface area contributed by atoms with E-state index in [0.29, 0.717) is 23.9 Å². The molecule has 5 nitrogen and oxygen atoms in total. The van der Waals surface area contributed by atoms with Gasteiger partial charge in [-0.05, 0) is 36.5 Å². The molecule has 6 heteroatoms. The van der Waals surface area contributed by atoms with Crippen molar-refractivity contribution in [3.8, 4) is 0 Å². The molecule has 1 amide bonds. The first-order chi connectivity index (χ1) is 11.2. The Morgan fingerprint density at radius 1 is 1.42 bits per heavy atom.